The fourth-order valence-electron chi connectivity index (χ4n) is 1.84. The Kier molecular flexibility index (Phi) is 5.75. The van der Waals surface area contributed by atoms with Crippen LogP contribution in [0.3, 0.4) is 0 Å². The van der Waals surface area contributed by atoms with Crippen LogP contribution in [-0.2, 0) is 4.74 Å². The van der Waals surface area contributed by atoms with E-state index in [0.29, 0.717) is 29.9 Å². The standard InChI is InChI=1S/C12H14BrNO4.ClH/c1-2-17-10-6-7(5-8(13)11(10)15)9-3-4-18-12(16)14-9;/h5-6,9,15H,2-4H2,1H3,(H,14,16);1H/t9-;/m1./s1. The fourth-order valence-corrected chi connectivity index (χ4v) is 2.30. The second-order valence-corrected chi connectivity index (χ2v) is 4.76. The quantitative estimate of drug-likeness (QED) is 0.877. The maximum Gasteiger partial charge on any atom is 0.407 e. The molecule has 0 saturated carbocycles. The molecule has 1 aromatic rings. The molecule has 1 aromatic carbocycles. The molecule has 1 amide bonds. The van der Waals surface area contributed by atoms with Crippen molar-refractivity contribution in [1.82, 2.24) is 5.32 Å². The lowest BCUT2D eigenvalue weighted by molar-refractivity contribution is 0.115. The smallest absolute Gasteiger partial charge is 0.407 e. The second kappa shape index (κ2) is 6.86. The van der Waals surface area contributed by atoms with Gasteiger partial charge in [0.2, 0.25) is 0 Å². The molecule has 1 fully saturated rings. The van der Waals surface area contributed by atoms with Crippen LogP contribution in [0.25, 0.3) is 0 Å². The van der Waals surface area contributed by atoms with Gasteiger partial charge in [0.25, 0.3) is 0 Å². The molecule has 0 unspecified atom stereocenters. The Morgan fingerprint density at radius 3 is 2.95 bits per heavy atom. The molecule has 0 bridgehead atoms. The van der Waals surface area contributed by atoms with Crippen molar-refractivity contribution in [2.45, 2.75) is 19.4 Å². The van der Waals surface area contributed by atoms with Crippen LogP contribution < -0.4 is 10.1 Å². The monoisotopic (exact) mass is 351 g/mol. The average Bonchev–Trinajstić information content (AvgIpc) is 2.35. The zero-order chi connectivity index (χ0) is 13.1. The van der Waals surface area contributed by atoms with Gasteiger partial charge in [-0.05, 0) is 40.5 Å². The molecule has 0 aromatic heterocycles. The van der Waals surface area contributed by atoms with E-state index in [0.717, 1.165) is 5.56 Å². The SMILES string of the molecule is CCOc1cc([C@H]2CCOC(=O)N2)cc(Br)c1O.Cl. The van der Waals surface area contributed by atoms with Gasteiger partial charge in [-0.25, -0.2) is 4.79 Å². The Morgan fingerprint density at radius 1 is 1.58 bits per heavy atom. The van der Waals surface area contributed by atoms with Gasteiger partial charge in [0.05, 0.1) is 23.7 Å². The van der Waals surface area contributed by atoms with E-state index in [9.17, 15) is 9.90 Å². The highest BCUT2D eigenvalue weighted by atomic mass is 79.9. The summed E-state index contributed by atoms with van der Waals surface area (Å²) in [6.07, 6.45) is 0.266. The van der Waals surface area contributed by atoms with Crippen LogP contribution in [-0.4, -0.2) is 24.4 Å². The summed E-state index contributed by atoms with van der Waals surface area (Å²) >= 11 is 3.27. The molecule has 1 heterocycles. The lowest BCUT2D eigenvalue weighted by Crippen LogP contribution is -2.35. The number of ether oxygens (including phenoxy) is 2. The van der Waals surface area contributed by atoms with E-state index in [1.807, 2.05) is 6.92 Å². The van der Waals surface area contributed by atoms with E-state index in [2.05, 4.69) is 21.2 Å². The number of phenolic OH excluding ortho intramolecular Hbond substituents is 1. The largest absolute Gasteiger partial charge is 0.503 e. The van der Waals surface area contributed by atoms with Crippen molar-refractivity contribution in [3.63, 3.8) is 0 Å². The highest BCUT2D eigenvalue weighted by Crippen LogP contribution is 2.38. The second-order valence-electron chi connectivity index (χ2n) is 3.90. The molecule has 1 aliphatic rings. The van der Waals surface area contributed by atoms with Gasteiger partial charge < -0.3 is 19.9 Å². The first-order chi connectivity index (χ1) is 8.61. The summed E-state index contributed by atoms with van der Waals surface area (Å²) in [7, 11) is 0. The number of amides is 1. The van der Waals surface area contributed by atoms with E-state index >= 15 is 0 Å². The Bertz CT molecular complexity index is 469. The number of hydrogen-bond donors (Lipinski definition) is 2. The molecule has 2 N–H and O–H groups in total. The molecule has 5 nitrogen and oxygen atoms in total. The number of rotatable bonds is 3. The van der Waals surface area contributed by atoms with Gasteiger partial charge in [0.1, 0.15) is 0 Å². The topological polar surface area (TPSA) is 67.8 Å². The minimum Gasteiger partial charge on any atom is -0.503 e. The molecular weight excluding hydrogens is 337 g/mol. The number of carbonyl (C=O) groups excluding carboxylic acids is 1. The number of aromatic hydroxyl groups is 1. The van der Waals surface area contributed by atoms with Crippen molar-refractivity contribution < 1.29 is 19.4 Å². The van der Waals surface area contributed by atoms with E-state index in [1.165, 1.54) is 0 Å². The first-order valence-electron chi connectivity index (χ1n) is 5.70. The molecule has 2 rings (SSSR count). The van der Waals surface area contributed by atoms with Gasteiger partial charge in [-0.15, -0.1) is 12.4 Å². The normalized spacial score (nSPS) is 18.0. The maximum absolute atomic E-state index is 11.2. The zero-order valence-electron chi connectivity index (χ0n) is 10.3. The lowest BCUT2D eigenvalue weighted by Gasteiger charge is -2.24. The number of carbonyl (C=O) groups is 1. The summed E-state index contributed by atoms with van der Waals surface area (Å²) in [5.74, 6) is 0.474. The van der Waals surface area contributed by atoms with Crippen molar-refractivity contribution in [1.29, 1.82) is 0 Å². The molecule has 1 atom stereocenters. The van der Waals surface area contributed by atoms with Crippen LogP contribution in [0.2, 0.25) is 0 Å². The van der Waals surface area contributed by atoms with Crippen LogP contribution in [0.4, 0.5) is 4.79 Å². The van der Waals surface area contributed by atoms with Crippen LogP contribution in [0.1, 0.15) is 24.9 Å². The third kappa shape index (κ3) is 3.67. The highest BCUT2D eigenvalue weighted by molar-refractivity contribution is 9.10. The minimum absolute atomic E-state index is 0. The lowest BCUT2D eigenvalue weighted by atomic mass is 10.0. The number of halogens is 2. The Hall–Kier alpha value is -1.14. The molecule has 19 heavy (non-hydrogen) atoms. The number of hydrogen-bond acceptors (Lipinski definition) is 4. The number of nitrogens with one attached hydrogen (secondary N) is 1. The van der Waals surface area contributed by atoms with E-state index < -0.39 is 6.09 Å². The summed E-state index contributed by atoms with van der Waals surface area (Å²) in [6, 6.07) is 3.39. The summed E-state index contributed by atoms with van der Waals surface area (Å²) in [4.78, 5) is 11.2. The number of phenols is 1. The third-order valence-electron chi connectivity index (χ3n) is 2.68. The summed E-state index contributed by atoms with van der Waals surface area (Å²) < 4.78 is 10.7. The molecule has 0 radical (unpaired) electrons. The summed E-state index contributed by atoms with van der Waals surface area (Å²) in [6.45, 7) is 2.69. The van der Waals surface area contributed by atoms with Crippen LogP contribution in [0.5, 0.6) is 11.5 Å². The summed E-state index contributed by atoms with van der Waals surface area (Å²) in [5, 5.41) is 12.5. The molecular formula is C12H15BrClNO4. The average molecular weight is 353 g/mol. The van der Waals surface area contributed by atoms with Gasteiger partial charge in [-0.3, -0.25) is 0 Å². The molecule has 0 aliphatic carbocycles. The summed E-state index contributed by atoms with van der Waals surface area (Å²) in [5.41, 5.74) is 0.875. The van der Waals surface area contributed by atoms with Gasteiger partial charge in [-0.1, -0.05) is 0 Å². The van der Waals surface area contributed by atoms with Gasteiger partial charge in [-0.2, -0.15) is 0 Å². The van der Waals surface area contributed by atoms with Crippen molar-refractivity contribution in [3.05, 3.63) is 22.2 Å². The number of alkyl carbamates (subject to hydrolysis) is 1. The Labute approximate surface area is 125 Å². The van der Waals surface area contributed by atoms with E-state index in [-0.39, 0.29) is 24.2 Å². The van der Waals surface area contributed by atoms with Crippen LogP contribution in [0, 0.1) is 0 Å². The predicted octanol–water partition coefficient (Wildman–Crippen LogP) is 3.15. The zero-order valence-corrected chi connectivity index (χ0v) is 12.7. The van der Waals surface area contributed by atoms with E-state index in [1.54, 1.807) is 12.1 Å². The van der Waals surface area contributed by atoms with Crippen LogP contribution in [0.15, 0.2) is 16.6 Å². The van der Waals surface area contributed by atoms with Crippen molar-refractivity contribution in [3.8, 4) is 11.5 Å². The maximum atomic E-state index is 11.2. The van der Waals surface area contributed by atoms with Gasteiger partial charge in [0.15, 0.2) is 11.5 Å². The van der Waals surface area contributed by atoms with Crippen molar-refractivity contribution in [2.75, 3.05) is 13.2 Å². The van der Waals surface area contributed by atoms with Gasteiger partial charge >= 0.3 is 6.09 Å². The van der Waals surface area contributed by atoms with Crippen molar-refractivity contribution >= 4 is 34.4 Å². The highest BCUT2D eigenvalue weighted by Gasteiger charge is 2.22. The van der Waals surface area contributed by atoms with Crippen molar-refractivity contribution in [2.24, 2.45) is 0 Å². The van der Waals surface area contributed by atoms with Gasteiger partial charge in [0, 0.05) is 6.42 Å². The Balaban J connectivity index is 0.00000180. The van der Waals surface area contributed by atoms with Crippen LogP contribution >= 0.6 is 28.3 Å². The third-order valence-corrected chi connectivity index (χ3v) is 3.29. The van der Waals surface area contributed by atoms with E-state index in [4.69, 9.17) is 9.47 Å². The predicted molar refractivity (Wildman–Crippen MR) is 76.1 cm³/mol. The minimum atomic E-state index is -0.423. The Morgan fingerprint density at radius 2 is 2.32 bits per heavy atom. The first-order valence-corrected chi connectivity index (χ1v) is 6.49. The molecule has 1 saturated heterocycles. The first kappa shape index (κ1) is 15.9. The molecule has 7 heteroatoms. The number of benzene rings is 1. The number of cyclic esters (lactones) is 1. The molecule has 1 aliphatic heterocycles. The molecule has 0 spiro atoms. The molecule has 106 valence electrons. The fraction of sp³-hybridized carbons (Fsp3) is 0.417.